The predicted molar refractivity (Wildman–Crippen MR) is 55.2 cm³/mol. The summed E-state index contributed by atoms with van der Waals surface area (Å²) in [4.78, 5) is 0. The summed E-state index contributed by atoms with van der Waals surface area (Å²) in [6.07, 6.45) is 1.54. The van der Waals surface area contributed by atoms with Crippen molar-refractivity contribution in [3.05, 3.63) is 41.0 Å². The normalized spacial score (nSPS) is 8.50. The van der Waals surface area contributed by atoms with Crippen molar-refractivity contribution < 1.29 is 0 Å². The molecule has 0 atom stereocenters. The van der Waals surface area contributed by atoms with Gasteiger partial charge in [-0.15, -0.1) is 11.6 Å². The van der Waals surface area contributed by atoms with E-state index in [9.17, 15) is 0 Å². The highest BCUT2D eigenvalue weighted by Crippen LogP contribution is 2.09. The fourth-order valence-electron chi connectivity index (χ4n) is 0.959. The molecule has 1 aromatic carbocycles. The Hall–Kier alpha value is -1.77. The SMILES string of the molecule is N#CC(C#N)=Cc1ccc(CCl)cc1. The van der Waals surface area contributed by atoms with Crippen LogP contribution >= 0.6 is 11.6 Å². The maximum atomic E-state index is 8.53. The molecule has 1 aromatic rings. The number of nitriles is 2. The van der Waals surface area contributed by atoms with Crippen LogP contribution in [0.1, 0.15) is 11.1 Å². The highest BCUT2D eigenvalue weighted by molar-refractivity contribution is 6.17. The molecule has 0 bridgehead atoms. The Labute approximate surface area is 87.7 Å². The van der Waals surface area contributed by atoms with Crippen LogP contribution in [0, 0.1) is 22.7 Å². The van der Waals surface area contributed by atoms with E-state index in [-0.39, 0.29) is 5.57 Å². The molecule has 0 spiro atoms. The van der Waals surface area contributed by atoms with Crippen LogP contribution < -0.4 is 0 Å². The maximum absolute atomic E-state index is 8.53. The van der Waals surface area contributed by atoms with E-state index in [1.807, 2.05) is 24.3 Å². The maximum Gasteiger partial charge on any atom is 0.130 e. The van der Waals surface area contributed by atoms with Gasteiger partial charge in [0.25, 0.3) is 0 Å². The second-order valence-corrected chi connectivity index (χ2v) is 2.92. The number of nitrogens with zero attached hydrogens (tertiary/aromatic N) is 2. The Morgan fingerprint density at radius 1 is 1.21 bits per heavy atom. The number of allylic oxidation sites excluding steroid dienone is 1. The van der Waals surface area contributed by atoms with Crippen LogP contribution in [-0.4, -0.2) is 0 Å². The average Bonchev–Trinajstić information content (AvgIpc) is 2.26. The molecule has 0 saturated carbocycles. The molecule has 68 valence electrons. The van der Waals surface area contributed by atoms with Gasteiger partial charge in [-0.1, -0.05) is 24.3 Å². The number of hydrogen-bond acceptors (Lipinski definition) is 2. The van der Waals surface area contributed by atoms with Crippen LogP contribution in [0.4, 0.5) is 0 Å². The lowest BCUT2D eigenvalue weighted by atomic mass is 10.1. The van der Waals surface area contributed by atoms with E-state index in [1.54, 1.807) is 12.1 Å². The molecule has 0 heterocycles. The lowest BCUT2D eigenvalue weighted by Crippen LogP contribution is -1.79. The van der Waals surface area contributed by atoms with Crippen molar-refractivity contribution in [3.8, 4) is 12.1 Å². The average molecular weight is 203 g/mol. The lowest BCUT2D eigenvalue weighted by Gasteiger charge is -1.95. The van der Waals surface area contributed by atoms with Gasteiger partial charge in [-0.2, -0.15) is 10.5 Å². The quantitative estimate of drug-likeness (QED) is 0.547. The van der Waals surface area contributed by atoms with Crippen molar-refractivity contribution in [1.29, 1.82) is 10.5 Å². The van der Waals surface area contributed by atoms with Crippen LogP contribution in [0.5, 0.6) is 0 Å². The number of hydrogen-bond donors (Lipinski definition) is 0. The van der Waals surface area contributed by atoms with E-state index < -0.39 is 0 Å². The molecular formula is C11H7ClN2. The first kappa shape index (κ1) is 10.3. The van der Waals surface area contributed by atoms with Crippen molar-refractivity contribution >= 4 is 17.7 Å². The van der Waals surface area contributed by atoms with Gasteiger partial charge in [0.1, 0.15) is 17.7 Å². The second-order valence-electron chi connectivity index (χ2n) is 2.66. The fourth-order valence-corrected chi connectivity index (χ4v) is 1.14. The molecule has 0 amide bonds. The molecule has 2 nitrogen and oxygen atoms in total. The summed E-state index contributed by atoms with van der Waals surface area (Å²) in [7, 11) is 0. The topological polar surface area (TPSA) is 47.6 Å². The molecule has 0 N–H and O–H groups in total. The van der Waals surface area contributed by atoms with Gasteiger partial charge in [0.05, 0.1) is 0 Å². The molecule has 3 heteroatoms. The van der Waals surface area contributed by atoms with Crippen molar-refractivity contribution in [2.75, 3.05) is 0 Å². The molecule has 0 aliphatic rings. The van der Waals surface area contributed by atoms with Crippen LogP contribution in [0.15, 0.2) is 29.8 Å². The highest BCUT2D eigenvalue weighted by Gasteiger charge is 1.94. The van der Waals surface area contributed by atoms with Gasteiger partial charge in [0, 0.05) is 5.88 Å². The molecule has 0 aromatic heterocycles. The number of halogens is 1. The summed E-state index contributed by atoms with van der Waals surface area (Å²) >= 11 is 5.62. The monoisotopic (exact) mass is 202 g/mol. The molecule has 0 aliphatic carbocycles. The highest BCUT2D eigenvalue weighted by atomic mass is 35.5. The molecule has 0 radical (unpaired) electrons. The molecule has 0 aliphatic heterocycles. The molecule has 14 heavy (non-hydrogen) atoms. The van der Waals surface area contributed by atoms with Gasteiger partial charge in [0.2, 0.25) is 0 Å². The summed E-state index contributed by atoms with van der Waals surface area (Å²) < 4.78 is 0. The Morgan fingerprint density at radius 2 is 1.79 bits per heavy atom. The van der Waals surface area contributed by atoms with E-state index in [0.717, 1.165) is 11.1 Å². The minimum Gasteiger partial charge on any atom is -0.192 e. The zero-order chi connectivity index (χ0) is 10.4. The fraction of sp³-hybridized carbons (Fsp3) is 0.0909. The van der Waals surface area contributed by atoms with Gasteiger partial charge in [-0.05, 0) is 17.2 Å². The Balaban J connectivity index is 2.95. The summed E-state index contributed by atoms with van der Waals surface area (Å²) in [5, 5.41) is 17.1. The van der Waals surface area contributed by atoms with Crippen molar-refractivity contribution in [3.63, 3.8) is 0 Å². The van der Waals surface area contributed by atoms with Crippen LogP contribution in [0.25, 0.3) is 6.08 Å². The first-order chi connectivity index (χ1) is 6.80. The van der Waals surface area contributed by atoms with E-state index in [2.05, 4.69) is 0 Å². The van der Waals surface area contributed by atoms with Gasteiger partial charge in [0.15, 0.2) is 0 Å². The summed E-state index contributed by atoms with van der Waals surface area (Å²) in [6.45, 7) is 0. The standard InChI is InChI=1S/C11H7ClN2/c12-6-10-3-1-9(2-4-10)5-11(7-13)8-14/h1-5H,6H2. The molecule has 0 saturated heterocycles. The minimum atomic E-state index is 0.101. The number of benzene rings is 1. The summed E-state index contributed by atoms with van der Waals surface area (Å²) in [5.41, 5.74) is 1.94. The largest absolute Gasteiger partial charge is 0.192 e. The first-order valence-corrected chi connectivity index (χ1v) is 4.50. The van der Waals surface area contributed by atoms with Crippen molar-refractivity contribution in [2.24, 2.45) is 0 Å². The van der Waals surface area contributed by atoms with Crippen LogP contribution in [0.3, 0.4) is 0 Å². The third-order valence-electron chi connectivity index (χ3n) is 1.69. The van der Waals surface area contributed by atoms with E-state index in [4.69, 9.17) is 22.1 Å². The van der Waals surface area contributed by atoms with E-state index in [1.165, 1.54) is 6.08 Å². The molecule has 0 unspecified atom stereocenters. The number of rotatable bonds is 2. The van der Waals surface area contributed by atoms with E-state index >= 15 is 0 Å². The Bertz CT molecular complexity index is 402. The summed E-state index contributed by atoms with van der Waals surface area (Å²) in [5.74, 6) is 0.466. The van der Waals surface area contributed by atoms with Gasteiger partial charge in [-0.3, -0.25) is 0 Å². The summed E-state index contributed by atoms with van der Waals surface area (Å²) in [6, 6.07) is 11.0. The van der Waals surface area contributed by atoms with Crippen molar-refractivity contribution in [2.45, 2.75) is 5.88 Å². The second kappa shape index (κ2) is 5.07. The van der Waals surface area contributed by atoms with Crippen molar-refractivity contribution in [1.82, 2.24) is 0 Å². The van der Waals surface area contributed by atoms with Crippen LogP contribution in [-0.2, 0) is 5.88 Å². The Morgan fingerprint density at radius 3 is 2.21 bits per heavy atom. The first-order valence-electron chi connectivity index (χ1n) is 3.97. The molecular weight excluding hydrogens is 196 g/mol. The van der Waals surface area contributed by atoms with Gasteiger partial charge in [-0.25, -0.2) is 0 Å². The zero-order valence-corrected chi connectivity index (χ0v) is 8.12. The molecule has 0 fully saturated rings. The molecule has 1 rings (SSSR count). The number of alkyl halides is 1. The van der Waals surface area contributed by atoms with Crippen LogP contribution in [0.2, 0.25) is 0 Å². The lowest BCUT2D eigenvalue weighted by molar-refractivity contribution is 1.40. The smallest absolute Gasteiger partial charge is 0.130 e. The third kappa shape index (κ3) is 2.62. The zero-order valence-electron chi connectivity index (χ0n) is 7.37. The van der Waals surface area contributed by atoms with E-state index in [0.29, 0.717) is 5.88 Å². The van der Waals surface area contributed by atoms with Gasteiger partial charge >= 0.3 is 0 Å². The predicted octanol–water partition coefficient (Wildman–Crippen LogP) is 2.86. The Kier molecular flexibility index (Phi) is 3.73. The minimum absolute atomic E-state index is 0.101. The third-order valence-corrected chi connectivity index (χ3v) is 1.99. The van der Waals surface area contributed by atoms with Gasteiger partial charge < -0.3 is 0 Å².